The lowest BCUT2D eigenvalue weighted by molar-refractivity contribution is 1.12. The molecule has 1 aromatic rings. The number of benzene rings is 1. The average molecular weight is 165 g/mol. The van der Waals surface area contributed by atoms with Gasteiger partial charge in [0.2, 0.25) is 0 Å². The summed E-state index contributed by atoms with van der Waals surface area (Å²) >= 11 is 0. The van der Waals surface area contributed by atoms with Gasteiger partial charge in [-0.25, -0.2) is 0 Å². The Balaban J connectivity index is 0.000000217. The van der Waals surface area contributed by atoms with Gasteiger partial charge in [0.15, 0.2) is 0 Å². The largest absolute Gasteiger partial charge is 0.401 e. The van der Waals surface area contributed by atoms with E-state index in [0.717, 1.165) is 5.69 Å². The van der Waals surface area contributed by atoms with E-state index in [-0.39, 0.29) is 0 Å². The maximum absolute atomic E-state index is 5.36. The van der Waals surface area contributed by atoms with Crippen molar-refractivity contribution in [3.63, 3.8) is 0 Å². The third kappa shape index (κ3) is 6.64. The van der Waals surface area contributed by atoms with E-state index in [1.165, 1.54) is 0 Å². The van der Waals surface area contributed by atoms with Gasteiger partial charge in [-0.2, -0.15) is 0 Å². The molecule has 0 aliphatic rings. The quantitative estimate of drug-likeness (QED) is 0.536. The molecule has 0 heterocycles. The van der Waals surface area contributed by atoms with Crippen molar-refractivity contribution in [2.75, 3.05) is 12.3 Å². The summed E-state index contributed by atoms with van der Waals surface area (Å²) in [4.78, 5) is 0. The van der Waals surface area contributed by atoms with Crippen LogP contribution < -0.4 is 17.2 Å². The molecule has 0 atom stereocenters. The Labute approximate surface area is 72.9 Å². The molecule has 3 nitrogen and oxygen atoms in total. The molecule has 0 aliphatic heterocycles. The highest BCUT2D eigenvalue weighted by atomic mass is 14.7. The first-order valence-electron chi connectivity index (χ1n) is 3.60. The summed E-state index contributed by atoms with van der Waals surface area (Å²) < 4.78 is 0. The fourth-order valence-electron chi connectivity index (χ4n) is 0.453. The highest BCUT2D eigenvalue weighted by Crippen LogP contribution is 1.95. The van der Waals surface area contributed by atoms with Crippen molar-refractivity contribution in [2.24, 2.45) is 11.5 Å². The van der Waals surface area contributed by atoms with Crippen LogP contribution in [0.15, 0.2) is 42.6 Å². The second-order valence-electron chi connectivity index (χ2n) is 2.27. The predicted molar refractivity (Wildman–Crippen MR) is 53.2 cm³/mol. The van der Waals surface area contributed by atoms with Gasteiger partial charge >= 0.3 is 0 Å². The molecule has 0 aromatic heterocycles. The molecule has 66 valence electrons. The van der Waals surface area contributed by atoms with Crippen molar-refractivity contribution in [3.8, 4) is 0 Å². The van der Waals surface area contributed by atoms with E-state index in [2.05, 4.69) is 6.58 Å². The zero-order valence-electron chi connectivity index (χ0n) is 7.03. The van der Waals surface area contributed by atoms with E-state index in [1.807, 2.05) is 30.3 Å². The van der Waals surface area contributed by atoms with Crippen LogP contribution >= 0.6 is 0 Å². The number of rotatable bonds is 1. The van der Waals surface area contributed by atoms with Gasteiger partial charge < -0.3 is 17.2 Å². The average Bonchev–Trinajstić information content (AvgIpc) is 2.07. The second-order valence-corrected chi connectivity index (χ2v) is 2.27. The fourth-order valence-corrected chi connectivity index (χ4v) is 0.453. The molecule has 0 saturated carbocycles. The van der Waals surface area contributed by atoms with E-state index in [9.17, 15) is 0 Å². The molecule has 0 aliphatic carbocycles. The zero-order chi connectivity index (χ0) is 9.40. The van der Waals surface area contributed by atoms with E-state index in [4.69, 9.17) is 17.2 Å². The van der Waals surface area contributed by atoms with Crippen molar-refractivity contribution in [1.82, 2.24) is 0 Å². The lowest BCUT2D eigenvalue weighted by Crippen LogP contribution is -2.08. The highest BCUT2D eigenvalue weighted by Gasteiger charge is 1.72. The number of nitrogen functional groups attached to an aromatic ring is 1. The Morgan fingerprint density at radius 3 is 1.83 bits per heavy atom. The highest BCUT2D eigenvalue weighted by molar-refractivity contribution is 5.35. The summed E-state index contributed by atoms with van der Waals surface area (Å²) in [6, 6.07) is 9.49. The Morgan fingerprint density at radius 1 is 1.25 bits per heavy atom. The minimum absolute atomic E-state index is 0.389. The Hall–Kier alpha value is -1.48. The Bertz CT molecular complexity index is 218. The minimum Gasteiger partial charge on any atom is -0.401 e. The van der Waals surface area contributed by atoms with Crippen molar-refractivity contribution in [1.29, 1.82) is 0 Å². The molecule has 6 N–H and O–H groups in total. The number of anilines is 1. The molecular weight excluding hydrogens is 150 g/mol. The molecule has 0 radical (unpaired) electrons. The van der Waals surface area contributed by atoms with Crippen molar-refractivity contribution < 1.29 is 0 Å². The smallest absolute Gasteiger partial charge is 0.0320 e. The maximum Gasteiger partial charge on any atom is 0.0320 e. The topological polar surface area (TPSA) is 78.1 Å². The second kappa shape index (κ2) is 6.24. The molecular formula is C9H15N3. The molecule has 0 unspecified atom stereocenters. The van der Waals surface area contributed by atoms with Gasteiger partial charge in [0.25, 0.3) is 0 Å². The molecule has 0 fully saturated rings. The Morgan fingerprint density at radius 2 is 1.67 bits per heavy atom. The summed E-state index contributed by atoms with van der Waals surface area (Å²) in [6.07, 6.45) is 0. The van der Waals surface area contributed by atoms with Crippen LogP contribution in [-0.4, -0.2) is 6.54 Å². The lowest BCUT2D eigenvalue weighted by atomic mass is 10.3. The summed E-state index contributed by atoms with van der Waals surface area (Å²) in [6.45, 7) is 3.72. The predicted octanol–water partition coefficient (Wildman–Crippen LogP) is 0.686. The van der Waals surface area contributed by atoms with E-state index in [0.29, 0.717) is 12.2 Å². The van der Waals surface area contributed by atoms with E-state index < -0.39 is 0 Å². The zero-order valence-corrected chi connectivity index (χ0v) is 7.03. The third-order valence-electron chi connectivity index (χ3n) is 1.06. The monoisotopic (exact) mass is 165 g/mol. The van der Waals surface area contributed by atoms with E-state index >= 15 is 0 Å². The van der Waals surface area contributed by atoms with Gasteiger partial charge in [-0.05, 0) is 12.1 Å². The molecule has 1 aromatic carbocycles. The standard InChI is InChI=1S/C6H7N.C3H8N2/c7-6-4-2-1-3-5-6;1-3(5)2-4/h1-5H,7H2;1-2,4-5H2. The number of nitrogens with two attached hydrogens (primary N) is 3. The molecule has 1 rings (SSSR count). The first kappa shape index (κ1) is 10.5. The fraction of sp³-hybridized carbons (Fsp3) is 0.111. The SMILES string of the molecule is C=C(N)CN.Nc1ccccc1. The maximum atomic E-state index is 5.36. The molecule has 3 heteroatoms. The first-order valence-corrected chi connectivity index (χ1v) is 3.60. The van der Waals surface area contributed by atoms with Crippen LogP contribution in [0.25, 0.3) is 0 Å². The summed E-state index contributed by atoms with van der Waals surface area (Å²) in [5, 5.41) is 0. The van der Waals surface area contributed by atoms with Gasteiger partial charge in [0.05, 0.1) is 0 Å². The van der Waals surface area contributed by atoms with Crippen LogP contribution in [0.1, 0.15) is 0 Å². The van der Waals surface area contributed by atoms with Gasteiger partial charge in [-0.3, -0.25) is 0 Å². The van der Waals surface area contributed by atoms with Crippen LogP contribution in [0.5, 0.6) is 0 Å². The molecule has 0 saturated heterocycles. The number of hydrogen-bond donors (Lipinski definition) is 3. The molecule has 0 amide bonds. The first-order chi connectivity index (χ1) is 5.66. The van der Waals surface area contributed by atoms with Gasteiger partial charge in [0, 0.05) is 17.9 Å². The molecule has 0 bridgehead atoms. The van der Waals surface area contributed by atoms with Crippen LogP contribution in [0.4, 0.5) is 5.69 Å². The van der Waals surface area contributed by atoms with Crippen molar-refractivity contribution in [2.45, 2.75) is 0 Å². The van der Waals surface area contributed by atoms with Crippen molar-refractivity contribution in [3.05, 3.63) is 42.6 Å². The summed E-state index contributed by atoms with van der Waals surface area (Å²) in [5.41, 5.74) is 16.6. The normalized spacial score (nSPS) is 8.08. The molecule has 0 spiro atoms. The number of para-hydroxylation sites is 1. The summed E-state index contributed by atoms with van der Waals surface area (Å²) in [5.74, 6) is 0. The minimum atomic E-state index is 0.389. The van der Waals surface area contributed by atoms with Gasteiger partial charge in [0.1, 0.15) is 0 Å². The Kier molecular flexibility index (Phi) is 5.47. The summed E-state index contributed by atoms with van der Waals surface area (Å²) in [7, 11) is 0. The van der Waals surface area contributed by atoms with Gasteiger partial charge in [-0.15, -0.1) is 0 Å². The van der Waals surface area contributed by atoms with Gasteiger partial charge in [-0.1, -0.05) is 24.8 Å². The van der Waals surface area contributed by atoms with Crippen LogP contribution in [0, 0.1) is 0 Å². The third-order valence-corrected chi connectivity index (χ3v) is 1.06. The number of hydrogen-bond acceptors (Lipinski definition) is 3. The molecule has 12 heavy (non-hydrogen) atoms. The van der Waals surface area contributed by atoms with Crippen LogP contribution in [-0.2, 0) is 0 Å². The van der Waals surface area contributed by atoms with Crippen molar-refractivity contribution >= 4 is 5.69 Å². The lowest BCUT2D eigenvalue weighted by Gasteiger charge is -1.83. The van der Waals surface area contributed by atoms with E-state index in [1.54, 1.807) is 0 Å². The van der Waals surface area contributed by atoms with Crippen LogP contribution in [0.3, 0.4) is 0 Å². The van der Waals surface area contributed by atoms with Crippen LogP contribution in [0.2, 0.25) is 0 Å².